The fourth-order valence-electron chi connectivity index (χ4n) is 2.60. The van der Waals surface area contributed by atoms with Crippen molar-refractivity contribution in [1.82, 2.24) is 4.57 Å². The summed E-state index contributed by atoms with van der Waals surface area (Å²) in [5.41, 5.74) is 7.55. The van der Waals surface area contributed by atoms with Crippen LogP contribution in [0.25, 0.3) is 0 Å². The quantitative estimate of drug-likeness (QED) is 0.650. The second-order valence-corrected chi connectivity index (χ2v) is 5.81. The van der Waals surface area contributed by atoms with Crippen LogP contribution < -0.4 is 5.73 Å². The van der Waals surface area contributed by atoms with Crippen LogP contribution in [0, 0.1) is 5.92 Å². The molecule has 0 radical (unpaired) electrons. The molecule has 0 aromatic carbocycles. The Kier molecular flexibility index (Phi) is 5.30. The smallest absolute Gasteiger partial charge is 0.0338 e. The zero-order chi connectivity index (χ0) is 12.8. The molecule has 2 nitrogen and oxygen atoms in total. The van der Waals surface area contributed by atoms with Crippen LogP contribution in [-0.4, -0.2) is 4.57 Å². The Labute approximate surface area is 112 Å². The number of hydrogen-bond donors (Lipinski definition) is 1. The molecule has 0 bridgehead atoms. The molecule has 0 aliphatic heterocycles. The normalized spacial score (nSPS) is 17.0. The van der Waals surface area contributed by atoms with Gasteiger partial charge in [0.1, 0.15) is 0 Å². The Morgan fingerprint density at radius 3 is 2.67 bits per heavy atom. The van der Waals surface area contributed by atoms with Gasteiger partial charge in [0.15, 0.2) is 0 Å². The lowest BCUT2D eigenvalue weighted by Crippen LogP contribution is -2.11. The summed E-state index contributed by atoms with van der Waals surface area (Å²) < 4.78 is 2.32. The molecule has 1 aliphatic rings. The van der Waals surface area contributed by atoms with Crippen molar-refractivity contribution >= 4 is 0 Å². The van der Waals surface area contributed by atoms with E-state index in [1.807, 2.05) is 0 Å². The second kappa shape index (κ2) is 6.98. The van der Waals surface area contributed by atoms with Crippen LogP contribution in [0.3, 0.4) is 0 Å². The van der Waals surface area contributed by atoms with Gasteiger partial charge in [-0.2, -0.15) is 0 Å². The molecule has 1 atom stereocenters. The minimum Gasteiger partial charge on any atom is -0.354 e. The number of aryl methyl sites for hydroxylation is 1. The Hall–Kier alpha value is -0.760. The highest BCUT2D eigenvalue weighted by molar-refractivity contribution is 5.17. The Morgan fingerprint density at radius 1 is 1.22 bits per heavy atom. The molecule has 0 spiro atoms. The Morgan fingerprint density at radius 2 is 1.94 bits per heavy atom. The van der Waals surface area contributed by atoms with E-state index in [1.54, 1.807) is 0 Å². The maximum absolute atomic E-state index is 6.21. The van der Waals surface area contributed by atoms with E-state index >= 15 is 0 Å². The van der Waals surface area contributed by atoms with E-state index in [4.69, 9.17) is 5.73 Å². The molecule has 1 aromatic rings. The van der Waals surface area contributed by atoms with Gasteiger partial charge in [-0.1, -0.05) is 39.0 Å². The summed E-state index contributed by atoms with van der Waals surface area (Å²) in [6.45, 7) is 3.42. The van der Waals surface area contributed by atoms with E-state index < -0.39 is 0 Å². The molecule has 2 N–H and O–H groups in total. The number of hydrogen-bond acceptors (Lipinski definition) is 1. The minimum absolute atomic E-state index is 0.288. The van der Waals surface area contributed by atoms with Crippen molar-refractivity contribution in [2.45, 2.75) is 70.9 Å². The lowest BCUT2D eigenvalue weighted by Gasteiger charge is -2.07. The zero-order valence-corrected chi connectivity index (χ0v) is 11.8. The summed E-state index contributed by atoms with van der Waals surface area (Å²) in [7, 11) is 0. The molecule has 0 saturated heterocycles. The van der Waals surface area contributed by atoms with E-state index in [2.05, 4.69) is 30.0 Å². The maximum atomic E-state index is 6.21. The third kappa shape index (κ3) is 4.16. The van der Waals surface area contributed by atoms with Crippen LogP contribution in [0.1, 0.15) is 69.9 Å². The van der Waals surface area contributed by atoms with E-state index in [0.717, 1.165) is 12.5 Å². The number of unbranched alkanes of at least 4 members (excludes halogenated alkanes) is 5. The van der Waals surface area contributed by atoms with Crippen molar-refractivity contribution < 1.29 is 0 Å². The van der Waals surface area contributed by atoms with Gasteiger partial charge in [0, 0.05) is 25.0 Å². The molecule has 2 heteroatoms. The average molecular weight is 248 g/mol. The summed E-state index contributed by atoms with van der Waals surface area (Å²) >= 11 is 0. The molecule has 18 heavy (non-hydrogen) atoms. The van der Waals surface area contributed by atoms with Crippen LogP contribution in [-0.2, 0) is 6.54 Å². The van der Waals surface area contributed by atoms with Gasteiger partial charge < -0.3 is 10.3 Å². The van der Waals surface area contributed by atoms with Crippen LogP contribution in [0.15, 0.2) is 18.5 Å². The number of aromatic nitrogens is 1. The molecular weight excluding hydrogens is 220 g/mol. The first-order chi connectivity index (χ1) is 8.81. The van der Waals surface area contributed by atoms with E-state index in [0.29, 0.717) is 0 Å². The summed E-state index contributed by atoms with van der Waals surface area (Å²) in [5, 5.41) is 0. The highest BCUT2D eigenvalue weighted by Gasteiger charge is 2.29. The SMILES string of the molecule is CCCCCCCCn1ccc(C(N)C2CC2)c1. The molecular formula is C16H28N2. The van der Waals surface area contributed by atoms with Crippen molar-refractivity contribution in [2.24, 2.45) is 11.7 Å². The maximum Gasteiger partial charge on any atom is 0.0338 e. The molecule has 0 amide bonds. The fraction of sp³-hybridized carbons (Fsp3) is 0.750. The lowest BCUT2D eigenvalue weighted by molar-refractivity contribution is 0.556. The second-order valence-electron chi connectivity index (χ2n) is 5.81. The predicted octanol–water partition coefficient (Wildman–Crippen LogP) is 4.26. The fourth-order valence-corrected chi connectivity index (χ4v) is 2.60. The van der Waals surface area contributed by atoms with Gasteiger partial charge in [-0.05, 0) is 36.8 Å². The van der Waals surface area contributed by atoms with Crippen molar-refractivity contribution in [3.63, 3.8) is 0 Å². The highest BCUT2D eigenvalue weighted by Crippen LogP contribution is 2.39. The highest BCUT2D eigenvalue weighted by atomic mass is 14.9. The van der Waals surface area contributed by atoms with Gasteiger partial charge in [0.2, 0.25) is 0 Å². The largest absolute Gasteiger partial charge is 0.354 e. The number of rotatable bonds is 9. The Balaban J connectivity index is 1.64. The summed E-state index contributed by atoms with van der Waals surface area (Å²) in [6, 6.07) is 2.50. The molecule has 1 unspecified atom stereocenters. The van der Waals surface area contributed by atoms with Gasteiger partial charge in [-0.15, -0.1) is 0 Å². The third-order valence-electron chi connectivity index (χ3n) is 4.06. The van der Waals surface area contributed by atoms with Crippen LogP contribution >= 0.6 is 0 Å². The van der Waals surface area contributed by atoms with E-state index in [1.165, 1.54) is 56.9 Å². The summed E-state index contributed by atoms with van der Waals surface area (Å²) in [6.07, 6.45) is 15.3. The molecule has 1 heterocycles. The van der Waals surface area contributed by atoms with Crippen LogP contribution in [0.4, 0.5) is 0 Å². The van der Waals surface area contributed by atoms with Crippen molar-refractivity contribution in [3.8, 4) is 0 Å². The van der Waals surface area contributed by atoms with Crippen molar-refractivity contribution in [1.29, 1.82) is 0 Å². The van der Waals surface area contributed by atoms with Gasteiger partial charge >= 0.3 is 0 Å². The molecule has 2 rings (SSSR count). The molecule has 1 aromatic heterocycles. The van der Waals surface area contributed by atoms with E-state index in [-0.39, 0.29) is 6.04 Å². The number of nitrogens with two attached hydrogens (primary N) is 1. The van der Waals surface area contributed by atoms with Gasteiger partial charge in [-0.3, -0.25) is 0 Å². The third-order valence-corrected chi connectivity index (χ3v) is 4.06. The predicted molar refractivity (Wildman–Crippen MR) is 77.5 cm³/mol. The molecule has 1 fully saturated rings. The monoisotopic (exact) mass is 248 g/mol. The first-order valence-electron chi connectivity index (χ1n) is 7.72. The van der Waals surface area contributed by atoms with Gasteiger partial charge in [0.25, 0.3) is 0 Å². The lowest BCUT2D eigenvalue weighted by atomic mass is 10.1. The molecule has 1 saturated carbocycles. The van der Waals surface area contributed by atoms with Crippen molar-refractivity contribution in [2.75, 3.05) is 0 Å². The average Bonchev–Trinajstić information content (AvgIpc) is 3.12. The van der Waals surface area contributed by atoms with E-state index in [9.17, 15) is 0 Å². The first kappa shape index (κ1) is 13.7. The van der Waals surface area contributed by atoms with Gasteiger partial charge in [-0.25, -0.2) is 0 Å². The molecule has 1 aliphatic carbocycles. The first-order valence-corrected chi connectivity index (χ1v) is 7.72. The summed E-state index contributed by atoms with van der Waals surface area (Å²) in [5.74, 6) is 0.759. The van der Waals surface area contributed by atoms with Gasteiger partial charge in [0.05, 0.1) is 0 Å². The number of nitrogens with zero attached hydrogens (tertiary/aromatic N) is 1. The van der Waals surface area contributed by atoms with Crippen molar-refractivity contribution in [3.05, 3.63) is 24.0 Å². The zero-order valence-electron chi connectivity index (χ0n) is 11.8. The topological polar surface area (TPSA) is 30.9 Å². The van der Waals surface area contributed by atoms with Crippen LogP contribution in [0.5, 0.6) is 0 Å². The summed E-state index contributed by atoms with van der Waals surface area (Å²) in [4.78, 5) is 0. The molecule has 102 valence electrons. The minimum atomic E-state index is 0.288. The Bertz CT molecular complexity index is 339. The standard InChI is InChI=1S/C16H28N2/c1-2-3-4-5-6-7-11-18-12-10-15(13-18)16(17)14-8-9-14/h10,12-14,16H,2-9,11,17H2,1H3. The van der Waals surface area contributed by atoms with Crippen LogP contribution in [0.2, 0.25) is 0 Å².